The number of ether oxygens (including phenoxy) is 1. The molecule has 2 aliphatic rings. The fraction of sp³-hybridized carbons (Fsp3) is 1.00. The van der Waals surface area contributed by atoms with Gasteiger partial charge < -0.3 is 10.5 Å². The fourth-order valence-electron chi connectivity index (χ4n) is 3.15. The normalized spacial score (nSPS) is 29.6. The Balaban J connectivity index is 1.93. The Kier molecular flexibility index (Phi) is 4.34. The lowest BCUT2D eigenvalue weighted by molar-refractivity contribution is -0.0560. The number of rotatable bonds is 4. The van der Waals surface area contributed by atoms with Crippen molar-refractivity contribution in [3.8, 4) is 0 Å². The van der Waals surface area contributed by atoms with Crippen LogP contribution in [-0.4, -0.2) is 37.7 Å². The molecule has 4 nitrogen and oxygen atoms in total. The molecule has 0 aromatic rings. The van der Waals surface area contributed by atoms with Crippen molar-refractivity contribution in [2.75, 3.05) is 12.3 Å². The topological polar surface area (TPSA) is 69.4 Å². The van der Waals surface area contributed by atoms with E-state index in [-0.39, 0.29) is 24.0 Å². The van der Waals surface area contributed by atoms with Gasteiger partial charge in [0.15, 0.2) is 9.84 Å². The molecule has 0 radical (unpaired) electrons. The van der Waals surface area contributed by atoms with E-state index in [4.69, 9.17) is 10.5 Å². The first-order valence-corrected chi connectivity index (χ1v) is 8.78. The molecular weight excluding hydrogens is 250 g/mol. The average Bonchev–Trinajstić information content (AvgIpc) is 2.71. The highest BCUT2D eigenvalue weighted by Crippen LogP contribution is 2.42. The van der Waals surface area contributed by atoms with Crippen molar-refractivity contribution in [3.05, 3.63) is 0 Å². The highest BCUT2D eigenvalue weighted by molar-refractivity contribution is 7.92. The van der Waals surface area contributed by atoms with Gasteiger partial charge in [0.05, 0.1) is 22.7 Å². The molecule has 1 saturated heterocycles. The zero-order valence-corrected chi connectivity index (χ0v) is 12.0. The molecule has 1 aliphatic carbocycles. The second-order valence-corrected chi connectivity index (χ2v) is 8.36. The van der Waals surface area contributed by atoms with Gasteiger partial charge in [-0.05, 0) is 32.6 Å². The van der Waals surface area contributed by atoms with E-state index in [0.29, 0.717) is 0 Å². The Morgan fingerprint density at radius 1 is 1.28 bits per heavy atom. The predicted molar refractivity (Wildman–Crippen MR) is 72.2 cm³/mol. The zero-order chi connectivity index (χ0) is 13.2. The summed E-state index contributed by atoms with van der Waals surface area (Å²) in [6.07, 6.45) is 7.75. The van der Waals surface area contributed by atoms with E-state index < -0.39 is 15.1 Å². The molecule has 0 amide bonds. The fourth-order valence-corrected chi connectivity index (χ4v) is 4.52. The van der Waals surface area contributed by atoms with Gasteiger partial charge in [0.2, 0.25) is 0 Å². The first-order valence-electron chi connectivity index (χ1n) is 7.07. The molecule has 2 rings (SSSR count). The van der Waals surface area contributed by atoms with Crippen molar-refractivity contribution in [1.82, 2.24) is 0 Å². The molecule has 2 N–H and O–H groups in total. The lowest BCUT2D eigenvalue weighted by atomic mass is 9.83. The third-order valence-corrected chi connectivity index (χ3v) is 6.72. The Labute approximate surface area is 110 Å². The quantitative estimate of drug-likeness (QED) is 0.846. The van der Waals surface area contributed by atoms with Crippen LogP contribution >= 0.6 is 0 Å². The number of hydrogen-bond acceptors (Lipinski definition) is 4. The van der Waals surface area contributed by atoms with Crippen LogP contribution in [-0.2, 0) is 14.6 Å². The van der Waals surface area contributed by atoms with Crippen molar-refractivity contribution in [1.29, 1.82) is 0 Å². The van der Waals surface area contributed by atoms with E-state index in [9.17, 15) is 8.42 Å². The Hall–Kier alpha value is -0.130. The van der Waals surface area contributed by atoms with Crippen LogP contribution in [0, 0.1) is 0 Å². The second-order valence-electron chi connectivity index (χ2n) is 5.90. The lowest BCUT2D eigenvalue weighted by Crippen LogP contribution is -2.36. The zero-order valence-electron chi connectivity index (χ0n) is 11.2. The van der Waals surface area contributed by atoms with Gasteiger partial charge in [-0.3, -0.25) is 0 Å². The second kappa shape index (κ2) is 5.47. The van der Waals surface area contributed by atoms with Crippen LogP contribution in [0.25, 0.3) is 0 Å². The summed E-state index contributed by atoms with van der Waals surface area (Å²) in [5.74, 6) is 0.146. The third-order valence-electron chi connectivity index (χ3n) is 4.47. The van der Waals surface area contributed by atoms with Gasteiger partial charge in [-0.2, -0.15) is 0 Å². The minimum absolute atomic E-state index is 0.00435. The summed E-state index contributed by atoms with van der Waals surface area (Å²) in [5.41, 5.74) is 5.45. The molecule has 0 aromatic carbocycles. The van der Waals surface area contributed by atoms with E-state index in [1.54, 1.807) is 6.92 Å². The maximum absolute atomic E-state index is 12.0. The molecule has 1 aliphatic heterocycles. The van der Waals surface area contributed by atoms with Crippen LogP contribution in [0.5, 0.6) is 0 Å². The van der Waals surface area contributed by atoms with Crippen LogP contribution in [0.3, 0.4) is 0 Å². The summed E-state index contributed by atoms with van der Waals surface area (Å²) in [6, 6.07) is 0. The monoisotopic (exact) mass is 275 g/mol. The van der Waals surface area contributed by atoms with Crippen molar-refractivity contribution in [2.45, 2.75) is 68.8 Å². The molecule has 5 heteroatoms. The van der Waals surface area contributed by atoms with Crippen molar-refractivity contribution < 1.29 is 13.2 Å². The van der Waals surface area contributed by atoms with E-state index in [0.717, 1.165) is 25.7 Å². The minimum atomic E-state index is -3.10. The van der Waals surface area contributed by atoms with Gasteiger partial charge in [0.1, 0.15) is 0 Å². The summed E-state index contributed by atoms with van der Waals surface area (Å²) in [7, 11) is -3.10. The molecule has 0 aromatic heterocycles. The highest BCUT2D eigenvalue weighted by atomic mass is 32.2. The summed E-state index contributed by atoms with van der Waals surface area (Å²) in [6.45, 7) is 1.88. The maximum atomic E-state index is 12.0. The first-order chi connectivity index (χ1) is 8.47. The highest BCUT2D eigenvalue weighted by Gasteiger charge is 2.42. The molecule has 1 heterocycles. The Bertz CT molecular complexity index is 374. The largest absolute Gasteiger partial charge is 0.371 e. The molecule has 18 heavy (non-hydrogen) atoms. The molecular formula is C13H25NO3S. The van der Waals surface area contributed by atoms with Crippen LogP contribution in [0.1, 0.15) is 51.9 Å². The number of sulfone groups is 1. The van der Waals surface area contributed by atoms with E-state index in [1.807, 2.05) is 0 Å². The number of nitrogens with two attached hydrogens (primary N) is 1. The molecule has 1 spiro atoms. The summed E-state index contributed by atoms with van der Waals surface area (Å²) in [4.78, 5) is 0. The molecule has 1 saturated carbocycles. The van der Waals surface area contributed by atoms with Gasteiger partial charge in [-0.15, -0.1) is 0 Å². The molecule has 2 unspecified atom stereocenters. The third kappa shape index (κ3) is 3.06. The van der Waals surface area contributed by atoms with E-state index >= 15 is 0 Å². The molecule has 106 valence electrons. The summed E-state index contributed by atoms with van der Waals surface area (Å²) >= 11 is 0. The molecule has 2 atom stereocenters. The minimum Gasteiger partial charge on any atom is -0.371 e. The lowest BCUT2D eigenvalue weighted by Gasteiger charge is -2.33. The van der Waals surface area contributed by atoms with Gasteiger partial charge in [0, 0.05) is 6.54 Å². The Morgan fingerprint density at radius 3 is 2.56 bits per heavy atom. The van der Waals surface area contributed by atoms with Crippen LogP contribution in [0.2, 0.25) is 0 Å². The molecule has 2 fully saturated rings. The molecule has 0 bridgehead atoms. The van der Waals surface area contributed by atoms with Crippen molar-refractivity contribution in [3.63, 3.8) is 0 Å². The van der Waals surface area contributed by atoms with Crippen molar-refractivity contribution in [2.24, 2.45) is 5.73 Å². The number of hydrogen-bond donors (Lipinski definition) is 1. The van der Waals surface area contributed by atoms with E-state index in [1.165, 1.54) is 19.3 Å². The average molecular weight is 275 g/mol. The maximum Gasteiger partial charge on any atom is 0.156 e. The predicted octanol–water partition coefficient (Wildman–Crippen LogP) is 1.63. The van der Waals surface area contributed by atoms with Gasteiger partial charge in [0.25, 0.3) is 0 Å². The van der Waals surface area contributed by atoms with E-state index in [2.05, 4.69) is 0 Å². The smallest absolute Gasteiger partial charge is 0.156 e. The Morgan fingerprint density at radius 2 is 1.94 bits per heavy atom. The van der Waals surface area contributed by atoms with Crippen LogP contribution in [0.4, 0.5) is 0 Å². The van der Waals surface area contributed by atoms with Gasteiger partial charge in [-0.25, -0.2) is 8.42 Å². The van der Waals surface area contributed by atoms with Gasteiger partial charge in [-0.1, -0.05) is 19.3 Å². The van der Waals surface area contributed by atoms with Crippen LogP contribution < -0.4 is 5.73 Å². The van der Waals surface area contributed by atoms with Gasteiger partial charge >= 0.3 is 0 Å². The SMILES string of the molecule is CC(CN)S(=O)(=O)CC1CCC2(CCCCC2)O1. The van der Waals surface area contributed by atoms with Crippen LogP contribution in [0.15, 0.2) is 0 Å². The first kappa shape index (κ1) is 14.3. The van der Waals surface area contributed by atoms with Crippen molar-refractivity contribution >= 4 is 9.84 Å². The summed E-state index contributed by atoms with van der Waals surface area (Å²) in [5, 5.41) is -0.455. The standard InChI is InChI=1S/C13H25NO3S/c1-11(9-14)18(15,16)10-12-5-8-13(17-12)6-3-2-4-7-13/h11-12H,2-10,14H2,1H3. The summed E-state index contributed by atoms with van der Waals surface area (Å²) < 4.78 is 30.2.